The smallest absolute Gasteiger partial charge is 0.231 e. The molecule has 0 amide bonds. The highest BCUT2D eigenvalue weighted by Gasteiger charge is 2.13. The number of rotatable bonds is 4. The highest BCUT2D eigenvalue weighted by Crippen LogP contribution is 2.32. The highest BCUT2D eigenvalue weighted by atomic mass is 35.5. The average Bonchev–Trinajstić information content (AvgIpc) is 2.95. The first-order chi connectivity index (χ1) is 10.1. The van der Waals surface area contributed by atoms with Gasteiger partial charge in [0.15, 0.2) is 11.5 Å². The largest absolute Gasteiger partial charge is 0.454 e. The van der Waals surface area contributed by atoms with Gasteiger partial charge in [-0.15, -0.1) is 0 Å². The van der Waals surface area contributed by atoms with Crippen LogP contribution >= 0.6 is 23.2 Å². The Bertz CT molecular complexity index is 661. The van der Waals surface area contributed by atoms with Crippen molar-refractivity contribution in [2.45, 2.75) is 19.5 Å². The fourth-order valence-corrected chi connectivity index (χ4v) is 2.53. The second kappa shape index (κ2) is 6.14. The molecule has 1 atom stereocenters. The zero-order valence-electron chi connectivity index (χ0n) is 11.5. The van der Waals surface area contributed by atoms with E-state index in [1.807, 2.05) is 36.4 Å². The van der Waals surface area contributed by atoms with Gasteiger partial charge in [-0.1, -0.05) is 35.3 Å². The summed E-state index contributed by atoms with van der Waals surface area (Å²) in [6.45, 7) is 3.12. The van der Waals surface area contributed by atoms with E-state index in [1.165, 1.54) is 0 Å². The lowest BCUT2D eigenvalue weighted by Gasteiger charge is -2.15. The third-order valence-corrected chi connectivity index (χ3v) is 4.23. The molecule has 21 heavy (non-hydrogen) atoms. The van der Waals surface area contributed by atoms with Gasteiger partial charge in [-0.05, 0) is 42.3 Å². The van der Waals surface area contributed by atoms with Crippen molar-refractivity contribution in [3.05, 3.63) is 57.6 Å². The van der Waals surface area contributed by atoms with Crippen molar-refractivity contribution in [1.29, 1.82) is 0 Å². The molecule has 0 radical (unpaired) electrons. The van der Waals surface area contributed by atoms with E-state index in [9.17, 15) is 0 Å². The van der Waals surface area contributed by atoms with Crippen LogP contribution in [0.2, 0.25) is 10.0 Å². The van der Waals surface area contributed by atoms with Gasteiger partial charge in [0.25, 0.3) is 0 Å². The van der Waals surface area contributed by atoms with Gasteiger partial charge in [0.2, 0.25) is 6.79 Å². The Labute approximate surface area is 133 Å². The molecule has 0 spiro atoms. The van der Waals surface area contributed by atoms with Crippen LogP contribution in [0.4, 0.5) is 0 Å². The Balaban J connectivity index is 1.65. The molecule has 5 heteroatoms. The topological polar surface area (TPSA) is 30.5 Å². The normalized spacial score (nSPS) is 14.2. The minimum atomic E-state index is 0.171. The van der Waals surface area contributed by atoms with Crippen LogP contribution in [0.3, 0.4) is 0 Å². The third kappa shape index (κ3) is 3.26. The van der Waals surface area contributed by atoms with Crippen LogP contribution in [0.15, 0.2) is 36.4 Å². The molecule has 3 nitrogen and oxygen atoms in total. The molecule has 1 aliphatic rings. The molecule has 2 aromatic carbocycles. The van der Waals surface area contributed by atoms with Gasteiger partial charge in [0, 0.05) is 12.6 Å². The van der Waals surface area contributed by atoms with Crippen LogP contribution < -0.4 is 14.8 Å². The maximum Gasteiger partial charge on any atom is 0.231 e. The van der Waals surface area contributed by atoms with Gasteiger partial charge in [-0.25, -0.2) is 0 Å². The lowest BCUT2D eigenvalue weighted by molar-refractivity contribution is 0.174. The fraction of sp³-hybridized carbons (Fsp3) is 0.250. The van der Waals surface area contributed by atoms with Crippen LogP contribution in [-0.4, -0.2) is 6.79 Å². The molecule has 0 saturated heterocycles. The number of hydrogen-bond acceptors (Lipinski definition) is 3. The summed E-state index contributed by atoms with van der Waals surface area (Å²) in [4.78, 5) is 0. The van der Waals surface area contributed by atoms with E-state index in [-0.39, 0.29) is 6.04 Å². The fourth-order valence-electron chi connectivity index (χ4n) is 2.22. The second-order valence-corrected chi connectivity index (χ2v) is 5.78. The molecule has 0 aliphatic carbocycles. The van der Waals surface area contributed by atoms with E-state index < -0.39 is 0 Å². The molecule has 3 rings (SSSR count). The Morgan fingerprint density at radius 3 is 2.67 bits per heavy atom. The van der Waals surface area contributed by atoms with Crippen LogP contribution in [0.1, 0.15) is 24.1 Å². The lowest BCUT2D eigenvalue weighted by Crippen LogP contribution is -2.18. The quantitative estimate of drug-likeness (QED) is 0.893. The first-order valence-electron chi connectivity index (χ1n) is 6.70. The molecular weight excluding hydrogens is 309 g/mol. The molecular formula is C16H15Cl2NO2. The highest BCUT2D eigenvalue weighted by molar-refractivity contribution is 6.42. The number of ether oxygens (including phenoxy) is 2. The minimum absolute atomic E-state index is 0.171. The van der Waals surface area contributed by atoms with E-state index in [0.29, 0.717) is 16.8 Å². The summed E-state index contributed by atoms with van der Waals surface area (Å²) in [5.74, 6) is 1.60. The Kier molecular flexibility index (Phi) is 4.24. The molecule has 0 bridgehead atoms. The van der Waals surface area contributed by atoms with Crippen molar-refractivity contribution in [2.24, 2.45) is 0 Å². The summed E-state index contributed by atoms with van der Waals surface area (Å²) in [7, 11) is 0. The average molecular weight is 324 g/mol. The summed E-state index contributed by atoms with van der Waals surface area (Å²) >= 11 is 12.0. The second-order valence-electron chi connectivity index (χ2n) is 4.96. The van der Waals surface area contributed by atoms with Crippen LogP contribution in [0, 0.1) is 0 Å². The van der Waals surface area contributed by atoms with Crippen molar-refractivity contribution < 1.29 is 9.47 Å². The van der Waals surface area contributed by atoms with Crippen LogP contribution in [-0.2, 0) is 6.54 Å². The Hall–Kier alpha value is -1.42. The Morgan fingerprint density at radius 2 is 1.86 bits per heavy atom. The van der Waals surface area contributed by atoms with E-state index in [4.69, 9.17) is 32.7 Å². The number of benzene rings is 2. The summed E-state index contributed by atoms with van der Waals surface area (Å²) in [5.41, 5.74) is 2.25. The predicted octanol–water partition coefficient (Wildman–Crippen LogP) is 4.57. The maximum absolute atomic E-state index is 6.05. The monoisotopic (exact) mass is 323 g/mol. The zero-order chi connectivity index (χ0) is 14.8. The lowest BCUT2D eigenvalue weighted by atomic mass is 10.1. The zero-order valence-corrected chi connectivity index (χ0v) is 13.0. The first kappa shape index (κ1) is 14.5. The van der Waals surface area contributed by atoms with Crippen molar-refractivity contribution in [2.75, 3.05) is 6.79 Å². The van der Waals surface area contributed by atoms with Crippen molar-refractivity contribution in [1.82, 2.24) is 5.32 Å². The molecule has 2 aromatic rings. The number of fused-ring (bicyclic) bond motifs is 1. The summed E-state index contributed by atoms with van der Waals surface area (Å²) < 4.78 is 10.7. The molecule has 0 saturated carbocycles. The van der Waals surface area contributed by atoms with Crippen LogP contribution in [0.25, 0.3) is 0 Å². The number of hydrogen-bond donors (Lipinski definition) is 1. The SMILES string of the molecule is CC(NCc1ccc2c(c1)OCO2)c1ccc(Cl)c(Cl)c1. The van der Waals surface area contributed by atoms with Gasteiger partial charge < -0.3 is 14.8 Å². The van der Waals surface area contributed by atoms with E-state index in [2.05, 4.69) is 12.2 Å². The van der Waals surface area contributed by atoms with Crippen molar-refractivity contribution in [3.8, 4) is 11.5 Å². The molecule has 1 heterocycles. The van der Waals surface area contributed by atoms with Gasteiger partial charge in [0.05, 0.1) is 10.0 Å². The van der Waals surface area contributed by atoms with Crippen molar-refractivity contribution in [3.63, 3.8) is 0 Å². The Morgan fingerprint density at radius 1 is 1.05 bits per heavy atom. The predicted molar refractivity (Wildman–Crippen MR) is 84.3 cm³/mol. The molecule has 1 unspecified atom stereocenters. The van der Waals surface area contributed by atoms with Crippen LogP contribution in [0.5, 0.6) is 11.5 Å². The number of nitrogens with one attached hydrogen (secondary N) is 1. The molecule has 1 aliphatic heterocycles. The van der Waals surface area contributed by atoms with Gasteiger partial charge >= 0.3 is 0 Å². The van der Waals surface area contributed by atoms with E-state index in [1.54, 1.807) is 0 Å². The van der Waals surface area contributed by atoms with E-state index in [0.717, 1.165) is 29.2 Å². The molecule has 0 aromatic heterocycles. The molecule has 1 N–H and O–H groups in total. The molecule has 0 fully saturated rings. The summed E-state index contributed by atoms with van der Waals surface area (Å²) in [5, 5.41) is 4.60. The maximum atomic E-state index is 6.05. The minimum Gasteiger partial charge on any atom is -0.454 e. The van der Waals surface area contributed by atoms with Gasteiger partial charge in [-0.2, -0.15) is 0 Å². The standard InChI is InChI=1S/C16H15Cl2NO2/c1-10(12-3-4-13(17)14(18)7-12)19-8-11-2-5-15-16(6-11)21-9-20-15/h2-7,10,19H,8-9H2,1H3. The third-order valence-electron chi connectivity index (χ3n) is 3.49. The molecule has 110 valence electrons. The first-order valence-corrected chi connectivity index (χ1v) is 7.46. The summed E-state index contributed by atoms with van der Waals surface area (Å²) in [6.07, 6.45) is 0. The summed E-state index contributed by atoms with van der Waals surface area (Å²) in [6, 6.07) is 11.8. The number of halogens is 2. The van der Waals surface area contributed by atoms with Gasteiger partial charge in [0.1, 0.15) is 0 Å². The van der Waals surface area contributed by atoms with E-state index >= 15 is 0 Å². The van der Waals surface area contributed by atoms with Crippen molar-refractivity contribution >= 4 is 23.2 Å². The van der Waals surface area contributed by atoms with Gasteiger partial charge in [-0.3, -0.25) is 0 Å².